The number of rotatable bonds is 5. The standard InChI is InChI=1S/C15H18N2O5/c1-10-8-15(2,22-17-10)14(18)21-16-9-11-5-6-12(19-3)13(7-11)20-4/h5-7,9H,8H2,1-4H3/b16-9+. The van der Waals surface area contributed by atoms with Crippen molar-refractivity contribution in [2.24, 2.45) is 10.3 Å². The van der Waals surface area contributed by atoms with Crippen molar-refractivity contribution in [3.63, 3.8) is 0 Å². The molecule has 0 aliphatic carbocycles. The largest absolute Gasteiger partial charge is 0.493 e. The molecular formula is C15H18N2O5. The average molecular weight is 306 g/mol. The van der Waals surface area contributed by atoms with Gasteiger partial charge in [0.05, 0.1) is 26.1 Å². The lowest BCUT2D eigenvalue weighted by molar-refractivity contribution is -0.167. The van der Waals surface area contributed by atoms with Crippen LogP contribution in [-0.4, -0.2) is 37.7 Å². The fourth-order valence-corrected chi connectivity index (χ4v) is 2.01. The summed E-state index contributed by atoms with van der Waals surface area (Å²) >= 11 is 0. The maximum Gasteiger partial charge on any atom is 0.381 e. The maximum atomic E-state index is 11.9. The van der Waals surface area contributed by atoms with Crippen molar-refractivity contribution >= 4 is 17.9 Å². The van der Waals surface area contributed by atoms with E-state index in [0.29, 0.717) is 23.5 Å². The molecular weight excluding hydrogens is 288 g/mol. The molecule has 1 aliphatic rings. The Hall–Kier alpha value is -2.57. The molecule has 1 aliphatic heterocycles. The van der Waals surface area contributed by atoms with Crippen LogP contribution in [-0.2, 0) is 14.5 Å². The van der Waals surface area contributed by atoms with E-state index in [1.54, 1.807) is 46.3 Å². The summed E-state index contributed by atoms with van der Waals surface area (Å²) in [6.07, 6.45) is 1.80. The smallest absolute Gasteiger partial charge is 0.381 e. The molecule has 1 atom stereocenters. The van der Waals surface area contributed by atoms with E-state index in [4.69, 9.17) is 19.1 Å². The molecule has 1 aromatic rings. The number of nitrogens with zero attached hydrogens (tertiary/aromatic N) is 2. The third-order valence-electron chi connectivity index (χ3n) is 3.17. The summed E-state index contributed by atoms with van der Waals surface area (Å²) in [6.45, 7) is 3.40. The van der Waals surface area contributed by atoms with Crippen LogP contribution in [0.25, 0.3) is 0 Å². The van der Waals surface area contributed by atoms with Crippen LogP contribution in [0.2, 0.25) is 0 Å². The molecule has 2 rings (SSSR count). The number of hydrogen-bond donors (Lipinski definition) is 0. The Labute approximate surface area is 128 Å². The lowest BCUT2D eigenvalue weighted by atomic mass is 10.0. The van der Waals surface area contributed by atoms with Crippen molar-refractivity contribution in [2.75, 3.05) is 14.2 Å². The monoisotopic (exact) mass is 306 g/mol. The summed E-state index contributed by atoms with van der Waals surface area (Å²) in [5.74, 6) is 0.578. The fourth-order valence-electron chi connectivity index (χ4n) is 2.01. The minimum absolute atomic E-state index is 0.387. The summed E-state index contributed by atoms with van der Waals surface area (Å²) < 4.78 is 10.3. The molecule has 0 saturated carbocycles. The van der Waals surface area contributed by atoms with E-state index in [2.05, 4.69) is 10.3 Å². The Bertz CT molecular complexity index is 626. The molecule has 7 nitrogen and oxygen atoms in total. The Morgan fingerprint density at radius 2 is 2.09 bits per heavy atom. The zero-order valence-electron chi connectivity index (χ0n) is 13.0. The fraction of sp³-hybridized carbons (Fsp3) is 0.400. The van der Waals surface area contributed by atoms with Crippen LogP contribution >= 0.6 is 0 Å². The summed E-state index contributed by atoms with van der Waals surface area (Å²) in [6, 6.07) is 5.22. The zero-order chi connectivity index (χ0) is 16.2. The van der Waals surface area contributed by atoms with Crippen LogP contribution in [0.5, 0.6) is 11.5 Å². The van der Waals surface area contributed by atoms with Gasteiger partial charge < -0.3 is 19.1 Å². The minimum atomic E-state index is -1.11. The van der Waals surface area contributed by atoms with Crippen LogP contribution in [0.1, 0.15) is 25.8 Å². The first-order chi connectivity index (χ1) is 10.5. The van der Waals surface area contributed by atoms with E-state index in [1.165, 1.54) is 6.21 Å². The summed E-state index contributed by atoms with van der Waals surface area (Å²) in [5.41, 5.74) is 0.331. The predicted molar refractivity (Wildman–Crippen MR) is 80.4 cm³/mol. The highest BCUT2D eigenvalue weighted by molar-refractivity contribution is 5.92. The summed E-state index contributed by atoms with van der Waals surface area (Å²) in [4.78, 5) is 21.9. The Morgan fingerprint density at radius 3 is 2.68 bits per heavy atom. The van der Waals surface area contributed by atoms with Gasteiger partial charge in [0, 0.05) is 12.0 Å². The second-order valence-electron chi connectivity index (χ2n) is 5.05. The first-order valence-electron chi connectivity index (χ1n) is 6.67. The van der Waals surface area contributed by atoms with E-state index in [0.717, 1.165) is 5.71 Å². The van der Waals surface area contributed by atoms with Gasteiger partial charge in [-0.05, 0) is 32.0 Å². The van der Waals surface area contributed by atoms with Crippen molar-refractivity contribution in [3.8, 4) is 11.5 Å². The first kappa shape index (κ1) is 15.8. The first-order valence-corrected chi connectivity index (χ1v) is 6.67. The van der Waals surface area contributed by atoms with Gasteiger partial charge in [0.1, 0.15) is 0 Å². The average Bonchev–Trinajstić information content (AvgIpc) is 2.87. The Kier molecular flexibility index (Phi) is 4.65. The molecule has 0 amide bonds. The normalized spacial score (nSPS) is 20.5. The van der Waals surface area contributed by atoms with Crippen LogP contribution in [0.4, 0.5) is 0 Å². The third-order valence-corrected chi connectivity index (χ3v) is 3.17. The van der Waals surface area contributed by atoms with Crippen molar-refractivity contribution < 1.29 is 23.9 Å². The van der Waals surface area contributed by atoms with E-state index in [9.17, 15) is 4.79 Å². The van der Waals surface area contributed by atoms with Gasteiger partial charge >= 0.3 is 5.97 Å². The van der Waals surface area contributed by atoms with Gasteiger partial charge in [-0.25, -0.2) is 4.79 Å². The third kappa shape index (κ3) is 3.36. The van der Waals surface area contributed by atoms with Gasteiger partial charge in [-0.15, -0.1) is 0 Å². The molecule has 1 heterocycles. The van der Waals surface area contributed by atoms with Crippen molar-refractivity contribution in [1.82, 2.24) is 0 Å². The molecule has 118 valence electrons. The molecule has 0 aromatic heterocycles. The number of carbonyl (C=O) groups excluding carboxylic acids is 1. The van der Waals surface area contributed by atoms with Crippen molar-refractivity contribution in [2.45, 2.75) is 25.9 Å². The lowest BCUT2D eigenvalue weighted by Crippen LogP contribution is -2.36. The number of benzene rings is 1. The molecule has 0 fully saturated rings. The molecule has 0 radical (unpaired) electrons. The van der Waals surface area contributed by atoms with Gasteiger partial charge in [0.2, 0.25) is 5.60 Å². The predicted octanol–water partition coefficient (Wildman–Crippen LogP) is 2.14. The quantitative estimate of drug-likeness (QED) is 0.473. The number of methoxy groups -OCH3 is 2. The van der Waals surface area contributed by atoms with Crippen LogP contribution in [0, 0.1) is 0 Å². The molecule has 0 saturated heterocycles. The van der Waals surface area contributed by atoms with E-state index >= 15 is 0 Å². The van der Waals surface area contributed by atoms with E-state index in [1.807, 2.05) is 0 Å². The highest BCUT2D eigenvalue weighted by Crippen LogP contribution is 2.27. The lowest BCUT2D eigenvalue weighted by Gasteiger charge is -2.16. The molecule has 22 heavy (non-hydrogen) atoms. The highest BCUT2D eigenvalue weighted by Gasteiger charge is 2.42. The molecule has 0 spiro atoms. The summed E-state index contributed by atoms with van der Waals surface area (Å²) in [5, 5.41) is 7.44. The van der Waals surface area contributed by atoms with Gasteiger partial charge in [0.15, 0.2) is 11.5 Å². The van der Waals surface area contributed by atoms with Gasteiger partial charge in [0.25, 0.3) is 0 Å². The number of oxime groups is 2. The number of hydrogen-bond acceptors (Lipinski definition) is 7. The van der Waals surface area contributed by atoms with E-state index in [-0.39, 0.29) is 0 Å². The second kappa shape index (κ2) is 6.46. The van der Waals surface area contributed by atoms with Crippen LogP contribution in [0.3, 0.4) is 0 Å². The van der Waals surface area contributed by atoms with Crippen molar-refractivity contribution in [3.05, 3.63) is 23.8 Å². The molecule has 0 bridgehead atoms. The van der Waals surface area contributed by atoms with Crippen LogP contribution in [0.15, 0.2) is 28.5 Å². The zero-order valence-corrected chi connectivity index (χ0v) is 13.0. The Balaban J connectivity index is 1.99. The van der Waals surface area contributed by atoms with Gasteiger partial charge in [-0.2, -0.15) is 0 Å². The van der Waals surface area contributed by atoms with Gasteiger partial charge in [-0.3, -0.25) is 0 Å². The summed E-state index contributed by atoms with van der Waals surface area (Å²) in [7, 11) is 3.10. The molecule has 7 heteroatoms. The molecule has 1 unspecified atom stereocenters. The van der Waals surface area contributed by atoms with Crippen LogP contribution < -0.4 is 9.47 Å². The topological polar surface area (TPSA) is 78.7 Å². The van der Waals surface area contributed by atoms with E-state index < -0.39 is 11.6 Å². The highest BCUT2D eigenvalue weighted by atomic mass is 16.7. The number of ether oxygens (including phenoxy) is 2. The molecule has 1 aromatic carbocycles. The number of carbonyl (C=O) groups is 1. The Morgan fingerprint density at radius 1 is 1.36 bits per heavy atom. The second-order valence-corrected chi connectivity index (χ2v) is 5.05. The minimum Gasteiger partial charge on any atom is -0.493 e. The van der Waals surface area contributed by atoms with Gasteiger partial charge in [-0.1, -0.05) is 10.3 Å². The molecule has 0 N–H and O–H groups in total. The maximum absolute atomic E-state index is 11.9. The van der Waals surface area contributed by atoms with Crippen molar-refractivity contribution in [1.29, 1.82) is 0 Å². The SMILES string of the molecule is COc1ccc(/C=N/OC(=O)C2(C)CC(C)=NO2)cc1OC.